The first-order valence-electron chi connectivity index (χ1n) is 20.8. The number of ether oxygens (including phenoxy) is 5. The van der Waals surface area contributed by atoms with Crippen molar-refractivity contribution in [3.63, 3.8) is 0 Å². The fraction of sp³-hybridized carbons (Fsp3) is 1.00. The zero-order valence-corrected chi connectivity index (χ0v) is 34.0. The lowest BCUT2D eigenvalue weighted by molar-refractivity contribution is -0.367. The van der Waals surface area contributed by atoms with Crippen LogP contribution in [-0.2, 0) is 23.7 Å². The van der Waals surface area contributed by atoms with Crippen molar-refractivity contribution in [2.75, 3.05) is 13.2 Å². The van der Waals surface area contributed by atoms with Crippen molar-refractivity contribution in [1.29, 1.82) is 0 Å². The van der Waals surface area contributed by atoms with Gasteiger partial charge >= 0.3 is 0 Å². The van der Waals surface area contributed by atoms with E-state index in [9.17, 15) is 46.0 Å². The molecular weight excluding hydrogens is 716 g/mol. The van der Waals surface area contributed by atoms with Gasteiger partial charge in [-0.05, 0) is 111 Å². The van der Waals surface area contributed by atoms with Crippen LogP contribution in [0.15, 0.2) is 0 Å². The van der Waals surface area contributed by atoms with E-state index in [1.54, 1.807) is 13.8 Å². The fourth-order valence-corrected chi connectivity index (χ4v) is 14.0. The van der Waals surface area contributed by atoms with Crippen molar-refractivity contribution < 1.29 is 69.6 Å². The summed E-state index contributed by atoms with van der Waals surface area (Å²) >= 11 is 0. The zero-order valence-electron chi connectivity index (χ0n) is 34.0. The summed E-state index contributed by atoms with van der Waals surface area (Å²) in [5.74, 6) is 0.473. The Morgan fingerprint density at radius 2 is 1.38 bits per heavy atom. The molecule has 318 valence electrons. The van der Waals surface area contributed by atoms with E-state index in [1.807, 2.05) is 0 Å². The van der Waals surface area contributed by atoms with E-state index in [1.165, 1.54) is 0 Å². The third kappa shape index (κ3) is 6.50. The lowest BCUT2D eigenvalue weighted by Gasteiger charge is -2.70. The second-order valence-corrected chi connectivity index (χ2v) is 20.8. The molecule has 55 heavy (non-hydrogen) atoms. The number of fused-ring (bicyclic) bond motifs is 5. The van der Waals surface area contributed by atoms with Gasteiger partial charge in [-0.15, -0.1) is 0 Å². The Morgan fingerprint density at radius 3 is 2.02 bits per heavy atom. The number of rotatable bonds is 7. The lowest BCUT2D eigenvalue weighted by atomic mass is 9.35. The van der Waals surface area contributed by atoms with E-state index in [0.717, 1.165) is 32.1 Å². The molecule has 7 rings (SSSR count). The molecule has 4 saturated carbocycles. The average molecular weight is 787 g/mol. The van der Waals surface area contributed by atoms with Crippen molar-refractivity contribution in [1.82, 2.24) is 0 Å². The summed E-state index contributed by atoms with van der Waals surface area (Å²) < 4.78 is 30.8. The molecule has 4 aliphatic carbocycles. The van der Waals surface area contributed by atoms with E-state index < -0.39 is 91.4 Å². The highest BCUT2D eigenvalue weighted by Gasteiger charge is 2.72. The van der Waals surface area contributed by atoms with Crippen LogP contribution in [0.3, 0.4) is 0 Å². The van der Waals surface area contributed by atoms with Crippen molar-refractivity contribution in [2.45, 2.75) is 198 Å². The van der Waals surface area contributed by atoms with E-state index in [-0.39, 0.29) is 58.0 Å². The third-order valence-electron chi connectivity index (χ3n) is 17.0. The summed E-state index contributed by atoms with van der Waals surface area (Å²) in [6, 6.07) is 0. The number of aliphatic hydroxyl groups is 9. The standard InChI is InChI=1S/C41H70O14/c1-36(2)24-10-14-39(6)25(15-20(43)27-19(9-13-40(27,39)7)41(8)16-21(44)33(55-41)37(3,4)50)38(24,5)12-11-26(36)53-35-32(28(46)22(45)18-51-35)54-34-31(49)30(48)29(47)23(17-42)52-34/h19-35,42-50H,9-18H2,1-8H3/t19-,20+,21-,22+,23+,24+,25+,26-,27-,28-,29+,30-,31+,32+,33-,34-,35-,38-,39+,40+,41-/m0/s1. The molecule has 0 bridgehead atoms. The predicted octanol–water partition coefficient (Wildman–Crippen LogP) is 0.970. The van der Waals surface area contributed by atoms with Gasteiger partial charge in [0.2, 0.25) is 0 Å². The minimum atomic E-state index is -1.71. The van der Waals surface area contributed by atoms with Crippen molar-refractivity contribution in [3.05, 3.63) is 0 Å². The van der Waals surface area contributed by atoms with Crippen LogP contribution < -0.4 is 0 Å². The monoisotopic (exact) mass is 786 g/mol. The molecule has 3 heterocycles. The molecule has 7 fully saturated rings. The van der Waals surface area contributed by atoms with Crippen LogP contribution in [0, 0.1) is 45.3 Å². The molecule has 21 atom stereocenters. The first-order chi connectivity index (χ1) is 25.4. The topological polar surface area (TPSA) is 228 Å². The highest BCUT2D eigenvalue weighted by atomic mass is 16.8. The molecule has 7 aliphatic rings. The van der Waals surface area contributed by atoms with Crippen molar-refractivity contribution >= 4 is 0 Å². The molecule has 0 amide bonds. The Bertz CT molecular complexity index is 1390. The Labute approximate surface area is 325 Å². The maximum absolute atomic E-state index is 12.3. The molecule has 0 spiro atoms. The van der Waals surface area contributed by atoms with E-state index in [4.69, 9.17) is 23.7 Å². The van der Waals surface area contributed by atoms with Gasteiger partial charge in [-0.3, -0.25) is 0 Å². The summed E-state index contributed by atoms with van der Waals surface area (Å²) in [6.45, 7) is 16.2. The summed E-state index contributed by atoms with van der Waals surface area (Å²) in [7, 11) is 0. The van der Waals surface area contributed by atoms with Gasteiger partial charge in [-0.2, -0.15) is 0 Å². The van der Waals surface area contributed by atoms with Crippen molar-refractivity contribution in [3.8, 4) is 0 Å². The van der Waals surface area contributed by atoms with Gasteiger partial charge in [0.15, 0.2) is 12.6 Å². The molecule has 3 saturated heterocycles. The minimum Gasteiger partial charge on any atom is -0.394 e. The smallest absolute Gasteiger partial charge is 0.187 e. The molecule has 0 unspecified atom stereocenters. The Hall–Kier alpha value is -0.560. The summed E-state index contributed by atoms with van der Waals surface area (Å²) in [6.07, 6.45) is -9.03. The number of aliphatic hydroxyl groups excluding tert-OH is 8. The number of hydrogen-bond donors (Lipinski definition) is 9. The Balaban J connectivity index is 1.10. The first-order valence-corrected chi connectivity index (χ1v) is 20.8. The van der Waals surface area contributed by atoms with Crippen LogP contribution in [0.25, 0.3) is 0 Å². The quantitative estimate of drug-likeness (QED) is 0.164. The molecule has 0 aromatic carbocycles. The maximum Gasteiger partial charge on any atom is 0.187 e. The summed E-state index contributed by atoms with van der Waals surface area (Å²) in [5, 5.41) is 96.8. The zero-order chi connectivity index (χ0) is 40.4. The Morgan fingerprint density at radius 1 is 0.709 bits per heavy atom. The van der Waals surface area contributed by atoms with E-state index in [2.05, 4.69) is 41.5 Å². The van der Waals surface area contributed by atoms with Crippen molar-refractivity contribution in [2.24, 2.45) is 45.3 Å². The van der Waals surface area contributed by atoms with Gasteiger partial charge in [0.25, 0.3) is 0 Å². The van der Waals surface area contributed by atoms with Gasteiger partial charge in [0.05, 0.1) is 42.7 Å². The molecule has 3 aliphatic heterocycles. The van der Waals surface area contributed by atoms with Gasteiger partial charge in [-0.1, -0.05) is 34.6 Å². The molecule has 0 aromatic heterocycles. The van der Waals surface area contributed by atoms with Crippen LogP contribution in [-0.4, -0.2) is 150 Å². The van der Waals surface area contributed by atoms with Crippen LogP contribution in [0.2, 0.25) is 0 Å². The SMILES string of the molecule is CC(C)(O)[C@H]1O[C@](C)([C@H]2CC[C@]3(C)[C@@H]2[C@H](O)C[C@@H]2[C@@]4(C)CC[C@H](O[C@@H]5OC[C@@H](O)[C@H](O)[C@H]5O[C@@H]5O[C@H](CO)[C@@H](O)[C@H](O)[C@H]5O)C(C)(C)[C@H]4CC[C@]23C)C[C@@H]1O. The second kappa shape index (κ2) is 14.3. The fourth-order valence-electron chi connectivity index (χ4n) is 14.0. The maximum atomic E-state index is 12.3. The highest BCUT2D eigenvalue weighted by molar-refractivity contribution is 5.21. The van der Waals surface area contributed by atoms with E-state index in [0.29, 0.717) is 19.3 Å². The third-order valence-corrected chi connectivity index (χ3v) is 17.0. The van der Waals surface area contributed by atoms with Gasteiger partial charge in [0.1, 0.15) is 48.8 Å². The lowest BCUT2D eigenvalue weighted by Crippen LogP contribution is -2.67. The molecule has 14 heteroatoms. The van der Waals surface area contributed by atoms with Crippen LogP contribution >= 0.6 is 0 Å². The summed E-state index contributed by atoms with van der Waals surface area (Å²) in [5.41, 5.74) is -2.61. The molecule has 0 radical (unpaired) electrons. The van der Waals surface area contributed by atoms with Crippen LogP contribution in [0.5, 0.6) is 0 Å². The first kappa shape index (κ1) is 42.6. The molecule has 9 N–H and O–H groups in total. The minimum absolute atomic E-state index is 0.00908. The van der Waals surface area contributed by atoms with Gasteiger partial charge in [-0.25, -0.2) is 0 Å². The molecule has 14 nitrogen and oxygen atoms in total. The number of hydrogen-bond acceptors (Lipinski definition) is 14. The normalized spacial score (nSPS) is 56.8. The molecule has 0 aromatic rings. The average Bonchev–Trinajstić information content (AvgIpc) is 3.65. The molecular formula is C41H70O14. The van der Waals surface area contributed by atoms with Crippen LogP contribution in [0.4, 0.5) is 0 Å². The Kier molecular flexibility index (Phi) is 11.1. The summed E-state index contributed by atoms with van der Waals surface area (Å²) in [4.78, 5) is 0. The second-order valence-electron chi connectivity index (χ2n) is 20.8. The van der Waals surface area contributed by atoms with Gasteiger partial charge < -0.3 is 69.6 Å². The van der Waals surface area contributed by atoms with E-state index >= 15 is 0 Å². The van der Waals surface area contributed by atoms with Gasteiger partial charge in [0, 0.05) is 6.42 Å². The highest BCUT2D eigenvalue weighted by Crippen LogP contribution is 2.76. The largest absolute Gasteiger partial charge is 0.394 e. The van der Waals surface area contributed by atoms with Crippen LogP contribution in [0.1, 0.15) is 107 Å². The predicted molar refractivity (Wildman–Crippen MR) is 196 cm³/mol.